The Kier molecular flexibility index (Phi) is 8.00. The van der Waals surface area contributed by atoms with Gasteiger partial charge in [0, 0.05) is 5.56 Å². The molecule has 1 fully saturated rings. The van der Waals surface area contributed by atoms with E-state index in [0.717, 1.165) is 33.5 Å². The van der Waals surface area contributed by atoms with E-state index in [2.05, 4.69) is 38.3 Å². The van der Waals surface area contributed by atoms with Crippen LogP contribution < -0.4 is 14.9 Å². The predicted octanol–water partition coefficient (Wildman–Crippen LogP) is 6.05. The van der Waals surface area contributed by atoms with Crippen molar-refractivity contribution in [1.29, 1.82) is 0 Å². The van der Waals surface area contributed by atoms with E-state index in [1.165, 1.54) is 16.7 Å². The van der Waals surface area contributed by atoms with Crippen LogP contribution in [0.25, 0.3) is 6.08 Å². The zero-order chi connectivity index (χ0) is 26.7. The van der Waals surface area contributed by atoms with Gasteiger partial charge in [-0.15, -0.1) is 0 Å². The zero-order valence-electron chi connectivity index (χ0n) is 21.4. The second-order valence-electron chi connectivity index (χ2n) is 8.83. The number of thiocarbonyl (C=S) groups is 1. The van der Waals surface area contributed by atoms with E-state index >= 15 is 0 Å². The Hall–Kier alpha value is -3.62. The molecule has 4 rings (SSSR count). The number of methoxy groups -OCH3 is 1. The number of carbonyl (C=O) groups is 2. The van der Waals surface area contributed by atoms with Gasteiger partial charge in [0.05, 0.1) is 12.0 Å². The lowest BCUT2D eigenvalue weighted by Crippen LogP contribution is -2.45. The number of aryl methyl sites for hydroxylation is 4. The van der Waals surface area contributed by atoms with Gasteiger partial charge in [-0.3, -0.25) is 15.0 Å². The molecule has 0 aliphatic carbocycles. The molecule has 3 aromatic rings. The minimum atomic E-state index is -0.391. The molecule has 37 heavy (non-hydrogen) atoms. The van der Waals surface area contributed by atoms with Crippen LogP contribution in [0.3, 0.4) is 0 Å². The second kappa shape index (κ2) is 11.2. The molecule has 2 amide bonds. The van der Waals surface area contributed by atoms with Gasteiger partial charge in [0.25, 0.3) is 11.8 Å². The van der Waals surface area contributed by atoms with Crippen molar-refractivity contribution in [2.75, 3.05) is 7.11 Å². The largest absolute Gasteiger partial charge is 0.493 e. The number of carbonyl (C=O) groups excluding carboxylic acids is 2. The van der Waals surface area contributed by atoms with Crippen LogP contribution in [0.1, 0.15) is 43.7 Å². The molecule has 3 aromatic carbocycles. The SMILES string of the molecule is COc1cc(/C=C2/SC(=S)N(NC(=O)c3ccccc3C)C2=O)ccc1OCc1cc(C)c(C)cc1C. The molecule has 6 nitrogen and oxygen atoms in total. The van der Waals surface area contributed by atoms with E-state index in [1.54, 1.807) is 31.4 Å². The lowest BCUT2D eigenvalue weighted by Gasteiger charge is -2.16. The molecular formula is C29H28N2O4S2. The van der Waals surface area contributed by atoms with Crippen LogP contribution in [0.2, 0.25) is 0 Å². The summed E-state index contributed by atoms with van der Waals surface area (Å²) in [5.74, 6) is 0.383. The summed E-state index contributed by atoms with van der Waals surface area (Å²) in [5, 5.41) is 1.11. The normalized spacial score (nSPS) is 14.3. The Morgan fingerprint density at radius 1 is 0.973 bits per heavy atom. The Morgan fingerprint density at radius 2 is 1.70 bits per heavy atom. The molecule has 1 aliphatic rings. The molecule has 190 valence electrons. The second-order valence-corrected chi connectivity index (χ2v) is 10.5. The van der Waals surface area contributed by atoms with Gasteiger partial charge in [-0.2, -0.15) is 5.01 Å². The van der Waals surface area contributed by atoms with Gasteiger partial charge in [-0.25, -0.2) is 0 Å². The number of ether oxygens (including phenoxy) is 2. The van der Waals surface area contributed by atoms with Gasteiger partial charge in [-0.05, 0) is 97.6 Å². The smallest absolute Gasteiger partial charge is 0.285 e. The van der Waals surface area contributed by atoms with Crippen LogP contribution in [0, 0.1) is 27.7 Å². The standard InChI is InChI=1S/C29H28N2O4S2/c1-17-8-6-7-9-23(17)27(32)30-31-28(33)26(37-29(31)36)15-21-10-11-24(25(14-21)34-5)35-16-22-13-19(3)18(2)12-20(22)4/h6-15H,16H2,1-5H3,(H,30,32)/b26-15+. The van der Waals surface area contributed by atoms with Crippen LogP contribution in [0.5, 0.6) is 11.5 Å². The predicted molar refractivity (Wildman–Crippen MR) is 152 cm³/mol. The first kappa shape index (κ1) is 26.4. The lowest BCUT2D eigenvalue weighted by molar-refractivity contribution is -0.123. The molecule has 8 heteroatoms. The van der Waals surface area contributed by atoms with E-state index in [0.29, 0.717) is 28.6 Å². The van der Waals surface area contributed by atoms with Crippen LogP contribution in [-0.2, 0) is 11.4 Å². The molecule has 0 unspecified atom stereocenters. The molecular weight excluding hydrogens is 504 g/mol. The van der Waals surface area contributed by atoms with Crippen molar-refractivity contribution in [3.05, 3.63) is 98.4 Å². The number of hydrogen-bond acceptors (Lipinski definition) is 6. The molecule has 0 bridgehead atoms. The Morgan fingerprint density at radius 3 is 2.43 bits per heavy atom. The fourth-order valence-corrected chi connectivity index (χ4v) is 5.11. The van der Waals surface area contributed by atoms with Gasteiger partial charge < -0.3 is 9.47 Å². The lowest BCUT2D eigenvalue weighted by atomic mass is 10.0. The monoisotopic (exact) mass is 532 g/mol. The van der Waals surface area contributed by atoms with E-state index in [-0.39, 0.29) is 10.2 Å². The minimum absolute atomic E-state index is 0.258. The van der Waals surface area contributed by atoms with Crippen LogP contribution in [0.15, 0.2) is 59.5 Å². The fourth-order valence-electron chi connectivity index (χ4n) is 3.93. The van der Waals surface area contributed by atoms with Crippen molar-refractivity contribution in [1.82, 2.24) is 10.4 Å². The molecule has 1 aliphatic heterocycles. The number of nitrogens with one attached hydrogen (secondary N) is 1. The Labute approximate surface area is 226 Å². The maximum atomic E-state index is 13.0. The summed E-state index contributed by atoms with van der Waals surface area (Å²) in [6, 6.07) is 16.9. The number of hydrazine groups is 1. The van der Waals surface area contributed by atoms with Gasteiger partial charge in [-0.1, -0.05) is 48.2 Å². The summed E-state index contributed by atoms with van der Waals surface area (Å²) in [7, 11) is 1.58. The van der Waals surface area contributed by atoms with Gasteiger partial charge in [0.2, 0.25) is 0 Å². The highest BCUT2D eigenvalue weighted by Gasteiger charge is 2.34. The van der Waals surface area contributed by atoms with E-state index in [4.69, 9.17) is 21.7 Å². The first-order chi connectivity index (χ1) is 17.7. The number of amides is 2. The highest BCUT2D eigenvalue weighted by molar-refractivity contribution is 8.26. The van der Waals surface area contributed by atoms with Crippen molar-refractivity contribution < 1.29 is 19.1 Å². The number of rotatable bonds is 7. The average Bonchev–Trinajstić information content (AvgIpc) is 3.13. The Balaban J connectivity index is 1.48. The summed E-state index contributed by atoms with van der Waals surface area (Å²) < 4.78 is 11.9. The van der Waals surface area contributed by atoms with Gasteiger partial charge in [0.1, 0.15) is 6.61 Å². The van der Waals surface area contributed by atoms with E-state index in [9.17, 15) is 9.59 Å². The number of benzene rings is 3. The maximum absolute atomic E-state index is 13.0. The van der Waals surface area contributed by atoms with Crippen LogP contribution >= 0.6 is 24.0 Å². The Bertz CT molecular complexity index is 1430. The first-order valence-corrected chi connectivity index (χ1v) is 12.9. The molecule has 0 spiro atoms. The van der Waals surface area contributed by atoms with E-state index < -0.39 is 5.91 Å². The molecule has 0 atom stereocenters. The van der Waals surface area contributed by atoms with Gasteiger partial charge >= 0.3 is 0 Å². The third kappa shape index (κ3) is 5.87. The fraction of sp³-hybridized carbons (Fsp3) is 0.207. The summed E-state index contributed by atoms with van der Waals surface area (Å²) >= 11 is 6.49. The molecule has 0 aromatic heterocycles. The maximum Gasteiger partial charge on any atom is 0.285 e. The third-order valence-corrected chi connectivity index (χ3v) is 7.52. The summed E-state index contributed by atoms with van der Waals surface area (Å²) in [6.07, 6.45) is 1.72. The highest BCUT2D eigenvalue weighted by Crippen LogP contribution is 2.34. The number of nitrogens with zero attached hydrogens (tertiary/aromatic N) is 1. The average molecular weight is 533 g/mol. The van der Waals surface area contributed by atoms with E-state index in [1.807, 2.05) is 31.2 Å². The van der Waals surface area contributed by atoms with Crippen molar-refractivity contribution in [2.45, 2.75) is 34.3 Å². The number of hydrogen-bond donors (Lipinski definition) is 1. The minimum Gasteiger partial charge on any atom is -0.493 e. The topological polar surface area (TPSA) is 67.9 Å². The zero-order valence-corrected chi connectivity index (χ0v) is 23.0. The highest BCUT2D eigenvalue weighted by atomic mass is 32.2. The summed E-state index contributed by atoms with van der Waals surface area (Å²) in [6.45, 7) is 8.51. The molecule has 1 N–H and O–H groups in total. The number of thioether (sulfide) groups is 1. The van der Waals surface area contributed by atoms with Crippen molar-refractivity contribution >= 4 is 46.2 Å². The molecule has 1 heterocycles. The summed E-state index contributed by atoms with van der Waals surface area (Å²) in [5.41, 5.74) is 9.43. The van der Waals surface area contributed by atoms with Crippen molar-refractivity contribution in [2.24, 2.45) is 0 Å². The summed E-state index contributed by atoms with van der Waals surface area (Å²) in [4.78, 5) is 26.1. The van der Waals surface area contributed by atoms with Crippen molar-refractivity contribution in [3.63, 3.8) is 0 Å². The first-order valence-electron chi connectivity index (χ1n) is 11.7. The van der Waals surface area contributed by atoms with Crippen LogP contribution in [0.4, 0.5) is 0 Å². The quantitative estimate of drug-likeness (QED) is 0.295. The van der Waals surface area contributed by atoms with Crippen LogP contribution in [-0.4, -0.2) is 28.3 Å². The molecule has 1 saturated heterocycles. The van der Waals surface area contributed by atoms with Crippen molar-refractivity contribution in [3.8, 4) is 11.5 Å². The van der Waals surface area contributed by atoms with Gasteiger partial charge in [0.15, 0.2) is 15.8 Å². The molecule has 0 saturated carbocycles. The molecule has 0 radical (unpaired) electrons. The third-order valence-electron chi connectivity index (χ3n) is 6.22.